The zero-order valence-corrected chi connectivity index (χ0v) is 9.24. The highest BCUT2D eigenvalue weighted by Crippen LogP contribution is 2.12. The molecule has 1 heterocycles. The highest BCUT2D eigenvalue weighted by Gasteiger charge is 2.17. The first-order valence-corrected chi connectivity index (χ1v) is 5.30. The number of hydrogen-bond donors (Lipinski definition) is 1. The molecule has 0 aliphatic carbocycles. The summed E-state index contributed by atoms with van der Waals surface area (Å²) in [4.78, 5) is 0. The van der Waals surface area contributed by atoms with Crippen molar-refractivity contribution in [2.75, 3.05) is 13.2 Å². The molecule has 4 heteroatoms. The summed E-state index contributed by atoms with van der Waals surface area (Å²) in [5, 5.41) is 3.30. The normalized spacial score (nSPS) is 28.5. The van der Waals surface area contributed by atoms with Gasteiger partial charge in [-0.3, -0.25) is 0 Å². The lowest BCUT2D eigenvalue weighted by Gasteiger charge is -2.27. The van der Waals surface area contributed by atoms with Crippen molar-refractivity contribution >= 4 is 23.2 Å². The Hall–Kier alpha value is 0.240. The fraction of sp³-hybridized carbons (Fsp3) is 0.778. The lowest BCUT2D eigenvalue weighted by molar-refractivity contribution is 0.00948. The molecule has 1 aliphatic heterocycles. The van der Waals surface area contributed by atoms with Crippen LogP contribution in [0.3, 0.4) is 0 Å². The molecule has 13 heavy (non-hydrogen) atoms. The molecule has 2 nitrogen and oxygen atoms in total. The zero-order valence-electron chi connectivity index (χ0n) is 7.72. The third-order valence-electron chi connectivity index (χ3n) is 2.17. The van der Waals surface area contributed by atoms with Crippen LogP contribution in [0.5, 0.6) is 0 Å². The van der Waals surface area contributed by atoms with E-state index in [2.05, 4.69) is 12.2 Å². The summed E-state index contributed by atoms with van der Waals surface area (Å²) in [6, 6.07) is 0.445. The molecule has 2 unspecified atom stereocenters. The smallest absolute Gasteiger partial charge is 0.104 e. The molecule has 1 saturated heterocycles. The van der Waals surface area contributed by atoms with Gasteiger partial charge in [0.05, 0.1) is 12.7 Å². The molecule has 0 saturated carbocycles. The minimum atomic E-state index is 0.317. The van der Waals surface area contributed by atoms with E-state index in [1.807, 2.05) is 0 Å². The van der Waals surface area contributed by atoms with Gasteiger partial charge in [-0.25, -0.2) is 0 Å². The topological polar surface area (TPSA) is 21.3 Å². The van der Waals surface area contributed by atoms with Crippen LogP contribution in [-0.4, -0.2) is 25.3 Å². The van der Waals surface area contributed by atoms with Gasteiger partial charge in [0.1, 0.15) is 4.49 Å². The van der Waals surface area contributed by atoms with E-state index >= 15 is 0 Å². The third-order valence-corrected chi connectivity index (χ3v) is 2.48. The van der Waals surface area contributed by atoms with Gasteiger partial charge < -0.3 is 10.1 Å². The van der Waals surface area contributed by atoms with Crippen LogP contribution >= 0.6 is 23.2 Å². The summed E-state index contributed by atoms with van der Waals surface area (Å²) in [5.74, 6) is 0. The van der Waals surface area contributed by atoms with Crippen LogP contribution in [0.25, 0.3) is 0 Å². The maximum atomic E-state index is 5.50. The van der Waals surface area contributed by atoms with Gasteiger partial charge >= 0.3 is 0 Å². The van der Waals surface area contributed by atoms with Gasteiger partial charge in [0.25, 0.3) is 0 Å². The molecule has 0 aromatic carbocycles. The van der Waals surface area contributed by atoms with E-state index in [1.54, 1.807) is 6.08 Å². The molecule has 0 bridgehead atoms. The summed E-state index contributed by atoms with van der Waals surface area (Å²) in [6.45, 7) is 3.60. The molecule has 0 aromatic heterocycles. The van der Waals surface area contributed by atoms with E-state index in [0.29, 0.717) is 23.2 Å². The zero-order chi connectivity index (χ0) is 9.68. The number of ether oxygens (including phenoxy) is 1. The van der Waals surface area contributed by atoms with Crippen molar-refractivity contribution < 1.29 is 4.74 Å². The molecule has 0 radical (unpaired) electrons. The Kier molecular flexibility index (Phi) is 5.10. The molecule has 2 atom stereocenters. The predicted octanol–water partition coefficient (Wildman–Crippen LogP) is 2.46. The van der Waals surface area contributed by atoms with Gasteiger partial charge in [-0.15, -0.1) is 0 Å². The lowest BCUT2D eigenvalue weighted by atomic mass is 10.1. The Bertz CT molecular complexity index is 172. The van der Waals surface area contributed by atoms with Gasteiger partial charge in [0, 0.05) is 12.6 Å². The molecular weight excluding hydrogens is 209 g/mol. The van der Waals surface area contributed by atoms with Crippen LogP contribution in [0.2, 0.25) is 0 Å². The van der Waals surface area contributed by atoms with Crippen LogP contribution in [-0.2, 0) is 4.74 Å². The van der Waals surface area contributed by atoms with Crippen molar-refractivity contribution in [2.45, 2.75) is 31.9 Å². The SMILES string of the molecule is CC1CCC(NCC=C(Cl)Cl)CO1. The predicted molar refractivity (Wildman–Crippen MR) is 56.2 cm³/mol. The molecular formula is C9H15Cl2NO. The maximum absolute atomic E-state index is 5.50. The Morgan fingerprint density at radius 1 is 1.54 bits per heavy atom. The Morgan fingerprint density at radius 2 is 2.31 bits per heavy atom. The Labute approximate surface area is 89.2 Å². The highest BCUT2D eigenvalue weighted by atomic mass is 35.5. The first-order valence-electron chi connectivity index (χ1n) is 4.54. The highest BCUT2D eigenvalue weighted by molar-refractivity contribution is 6.55. The first kappa shape index (κ1) is 11.3. The molecule has 0 amide bonds. The number of nitrogens with one attached hydrogen (secondary N) is 1. The molecule has 0 aromatic rings. The van der Waals surface area contributed by atoms with Gasteiger partial charge in [-0.1, -0.05) is 23.2 Å². The van der Waals surface area contributed by atoms with Crippen molar-refractivity contribution in [1.29, 1.82) is 0 Å². The second-order valence-corrected chi connectivity index (χ2v) is 4.33. The van der Waals surface area contributed by atoms with Crippen molar-refractivity contribution in [3.05, 3.63) is 10.6 Å². The minimum Gasteiger partial charge on any atom is -0.377 e. The van der Waals surface area contributed by atoms with E-state index in [1.165, 1.54) is 0 Å². The second kappa shape index (κ2) is 5.86. The van der Waals surface area contributed by atoms with Crippen LogP contribution in [0, 0.1) is 0 Å². The Morgan fingerprint density at radius 3 is 2.85 bits per heavy atom. The number of halogens is 2. The van der Waals surface area contributed by atoms with E-state index in [4.69, 9.17) is 27.9 Å². The summed E-state index contributed by atoms with van der Waals surface area (Å²) >= 11 is 10.9. The summed E-state index contributed by atoms with van der Waals surface area (Å²) in [7, 11) is 0. The van der Waals surface area contributed by atoms with Crippen molar-refractivity contribution in [1.82, 2.24) is 5.32 Å². The monoisotopic (exact) mass is 223 g/mol. The number of hydrogen-bond acceptors (Lipinski definition) is 2. The maximum Gasteiger partial charge on any atom is 0.104 e. The minimum absolute atomic E-state index is 0.317. The van der Waals surface area contributed by atoms with Crippen LogP contribution in [0.4, 0.5) is 0 Å². The van der Waals surface area contributed by atoms with Gasteiger partial charge in [0.2, 0.25) is 0 Å². The average Bonchev–Trinajstić information content (AvgIpc) is 2.08. The number of rotatable bonds is 3. The second-order valence-electron chi connectivity index (χ2n) is 3.32. The van der Waals surface area contributed by atoms with E-state index in [0.717, 1.165) is 19.4 Å². The molecule has 1 N–H and O–H groups in total. The fourth-order valence-corrected chi connectivity index (χ4v) is 1.50. The lowest BCUT2D eigenvalue weighted by Crippen LogP contribution is -2.39. The van der Waals surface area contributed by atoms with E-state index < -0.39 is 0 Å². The third kappa shape index (κ3) is 4.87. The largest absolute Gasteiger partial charge is 0.377 e. The standard InChI is InChI=1S/C9H15Cl2NO/c1-7-2-3-8(6-13-7)12-5-4-9(10)11/h4,7-8,12H,2-3,5-6H2,1H3. The molecule has 76 valence electrons. The van der Waals surface area contributed by atoms with Crippen molar-refractivity contribution in [2.24, 2.45) is 0 Å². The fourth-order valence-electron chi connectivity index (χ4n) is 1.35. The quantitative estimate of drug-likeness (QED) is 0.795. The first-order chi connectivity index (χ1) is 6.18. The summed E-state index contributed by atoms with van der Waals surface area (Å²) in [5.41, 5.74) is 0. The van der Waals surface area contributed by atoms with Crippen LogP contribution in [0.15, 0.2) is 10.6 Å². The molecule has 0 spiro atoms. The van der Waals surface area contributed by atoms with Gasteiger partial charge in [0.15, 0.2) is 0 Å². The summed E-state index contributed by atoms with van der Waals surface area (Å²) < 4.78 is 5.82. The van der Waals surface area contributed by atoms with Crippen LogP contribution < -0.4 is 5.32 Å². The molecule has 1 aliphatic rings. The van der Waals surface area contributed by atoms with E-state index in [9.17, 15) is 0 Å². The molecule has 1 fully saturated rings. The van der Waals surface area contributed by atoms with Crippen LogP contribution in [0.1, 0.15) is 19.8 Å². The van der Waals surface area contributed by atoms with E-state index in [-0.39, 0.29) is 0 Å². The van der Waals surface area contributed by atoms with Crippen molar-refractivity contribution in [3.8, 4) is 0 Å². The Balaban J connectivity index is 2.12. The molecule has 1 rings (SSSR count). The van der Waals surface area contributed by atoms with Crippen molar-refractivity contribution in [3.63, 3.8) is 0 Å². The summed E-state index contributed by atoms with van der Waals surface area (Å²) in [6.07, 6.45) is 4.44. The average molecular weight is 224 g/mol. The van der Waals surface area contributed by atoms with Gasteiger partial charge in [-0.2, -0.15) is 0 Å². The van der Waals surface area contributed by atoms with Gasteiger partial charge in [-0.05, 0) is 25.8 Å².